The lowest BCUT2D eigenvalue weighted by atomic mass is 10.2. The van der Waals surface area contributed by atoms with Gasteiger partial charge >= 0.3 is 17.9 Å². The molecule has 0 radical (unpaired) electrons. The van der Waals surface area contributed by atoms with Crippen molar-refractivity contribution in [2.75, 3.05) is 12.0 Å². The Kier molecular flexibility index (Phi) is 6.68. The minimum absolute atomic E-state index is 0.0296. The summed E-state index contributed by atoms with van der Waals surface area (Å²) in [4.78, 5) is 64.6. The molecule has 0 aromatic heterocycles. The van der Waals surface area contributed by atoms with Crippen molar-refractivity contribution >= 4 is 35.4 Å². The predicted molar refractivity (Wildman–Crippen MR) is 122 cm³/mol. The van der Waals surface area contributed by atoms with Gasteiger partial charge in [0.05, 0.1) is 29.5 Å². The molecule has 0 saturated carbocycles. The normalized spacial score (nSPS) is 17.1. The lowest BCUT2D eigenvalue weighted by molar-refractivity contribution is -0.130. The van der Waals surface area contributed by atoms with Gasteiger partial charge in [-0.1, -0.05) is 42.5 Å². The number of esters is 3. The SMILES string of the molecule is COC(=O)c1cccc(N2C(=O)[C@@H](OC(=O)c3ccccc3)[C@H](OC(=O)c3ccccc3)C2=O)c1. The van der Waals surface area contributed by atoms with Crippen LogP contribution in [0.15, 0.2) is 84.9 Å². The highest BCUT2D eigenvalue weighted by Crippen LogP contribution is 2.29. The van der Waals surface area contributed by atoms with E-state index in [-0.39, 0.29) is 22.4 Å². The largest absolute Gasteiger partial charge is 0.465 e. The maximum Gasteiger partial charge on any atom is 0.339 e. The van der Waals surface area contributed by atoms with Crippen molar-refractivity contribution in [3.8, 4) is 0 Å². The van der Waals surface area contributed by atoms with E-state index < -0.39 is 41.9 Å². The molecule has 9 nitrogen and oxygen atoms in total. The smallest absolute Gasteiger partial charge is 0.339 e. The van der Waals surface area contributed by atoms with E-state index in [4.69, 9.17) is 9.47 Å². The third-order valence-corrected chi connectivity index (χ3v) is 5.21. The molecule has 0 spiro atoms. The minimum atomic E-state index is -1.73. The lowest BCUT2D eigenvalue weighted by Gasteiger charge is -2.16. The average Bonchev–Trinajstić information content (AvgIpc) is 3.12. The Bertz CT molecular complexity index is 1220. The van der Waals surface area contributed by atoms with Crippen LogP contribution in [0, 0.1) is 0 Å². The van der Waals surface area contributed by atoms with Crippen LogP contribution < -0.4 is 4.90 Å². The third kappa shape index (κ3) is 4.79. The molecule has 1 saturated heterocycles. The standard InChI is InChI=1S/C26H19NO8/c1-33-24(30)18-13-8-14-19(15-18)27-22(28)20(34-25(31)16-9-4-2-5-10-16)21(23(27)29)35-26(32)17-11-6-3-7-12-17/h2-15,20-21H,1H3/t20-,21-/m0/s1. The number of anilines is 1. The number of methoxy groups -OCH3 is 1. The molecule has 9 heteroatoms. The van der Waals surface area contributed by atoms with Crippen LogP contribution in [0.4, 0.5) is 5.69 Å². The van der Waals surface area contributed by atoms with Crippen molar-refractivity contribution in [3.63, 3.8) is 0 Å². The summed E-state index contributed by atoms with van der Waals surface area (Å²) in [7, 11) is 1.19. The first-order valence-corrected chi connectivity index (χ1v) is 10.5. The van der Waals surface area contributed by atoms with E-state index >= 15 is 0 Å². The molecular weight excluding hydrogens is 454 g/mol. The number of rotatable bonds is 6. The van der Waals surface area contributed by atoms with E-state index in [1.54, 1.807) is 36.4 Å². The molecule has 35 heavy (non-hydrogen) atoms. The van der Waals surface area contributed by atoms with E-state index in [1.165, 1.54) is 55.6 Å². The molecule has 1 aliphatic rings. The maximum absolute atomic E-state index is 13.3. The van der Waals surface area contributed by atoms with Crippen LogP contribution in [0.5, 0.6) is 0 Å². The highest BCUT2D eigenvalue weighted by molar-refractivity contribution is 6.25. The second kappa shape index (κ2) is 10.0. The molecule has 2 amide bonds. The summed E-state index contributed by atoms with van der Waals surface area (Å²) < 4.78 is 15.4. The Morgan fingerprint density at radius 1 is 0.629 bits per heavy atom. The first-order chi connectivity index (χ1) is 16.9. The van der Waals surface area contributed by atoms with Gasteiger partial charge in [0.2, 0.25) is 12.2 Å². The number of imide groups is 1. The number of hydrogen-bond donors (Lipinski definition) is 0. The minimum Gasteiger partial charge on any atom is -0.465 e. The zero-order chi connectivity index (χ0) is 24.9. The molecule has 3 aromatic carbocycles. The lowest BCUT2D eigenvalue weighted by Crippen LogP contribution is -2.37. The topological polar surface area (TPSA) is 116 Å². The molecular formula is C26H19NO8. The quantitative estimate of drug-likeness (QED) is 0.305. The fourth-order valence-electron chi connectivity index (χ4n) is 3.51. The van der Waals surface area contributed by atoms with Gasteiger partial charge in [0.15, 0.2) is 0 Å². The third-order valence-electron chi connectivity index (χ3n) is 5.21. The van der Waals surface area contributed by atoms with Gasteiger partial charge in [-0.25, -0.2) is 19.3 Å². The Balaban J connectivity index is 1.68. The van der Waals surface area contributed by atoms with E-state index in [2.05, 4.69) is 4.74 Å². The van der Waals surface area contributed by atoms with Gasteiger partial charge < -0.3 is 14.2 Å². The summed E-state index contributed by atoms with van der Waals surface area (Å²) in [6.07, 6.45) is -3.46. The number of amides is 2. The molecule has 2 atom stereocenters. The molecule has 0 bridgehead atoms. The van der Waals surface area contributed by atoms with Gasteiger partial charge in [-0.15, -0.1) is 0 Å². The number of nitrogens with zero attached hydrogens (tertiary/aromatic N) is 1. The van der Waals surface area contributed by atoms with Gasteiger partial charge in [0.1, 0.15) is 0 Å². The van der Waals surface area contributed by atoms with Crippen molar-refractivity contribution < 1.29 is 38.2 Å². The summed E-state index contributed by atoms with van der Waals surface area (Å²) in [5, 5.41) is 0. The Hall–Kier alpha value is -4.79. The molecule has 0 N–H and O–H groups in total. The Labute approximate surface area is 199 Å². The summed E-state index contributed by atoms with van der Waals surface area (Å²) in [5.41, 5.74) is 0.411. The molecule has 0 unspecified atom stereocenters. The van der Waals surface area contributed by atoms with E-state index in [9.17, 15) is 24.0 Å². The van der Waals surface area contributed by atoms with Gasteiger partial charge in [-0.3, -0.25) is 9.59 Å². The number of hydrogen-bond acceptors (Lipinski definition) is 8. The molecule has 1 heterocycles. The number of carbonyl (C=O) groups excluding carboxylic acids is 5. The second-order valence-corrected chi connectivity index (χ2v) is 7.44. The Morgan fingerprint density at radius 2 is 1.09 bits per heavy atom. The molecule has 3 aromatic rings. The molecule has 4 rings (SSSR count). The predicted octanol–water partition coefficient (Wildman–Crippen LogP) is 2.80. The molecule has 1 aliphatic heterocycles. The van der Waals surface area contributed by atoms with Crippen molar-refractivity contribution in [2.24, 2.45) is 0 Å². The van der Waals surface area contributed by atoms with Gasteiger partial charge in [0, 0.05) is 0 Å². The molecule has 0 aliphatic carbocycles. The molecule has 176 valence electrons. The van der Waals surface area contributed by atoms with Gasteiger partial charge in [-0.2, -0.15) is 0 Å². The van der Waals surface area contributed by atoms with Crippen molar-refractivity contribution in [2.45, 2.75) is 12.2 Å². The highest BCUT2D eigenvalue weighted by atomic mass is 16.6. The van der Waals surface area contributed by atoms with Gasteiger partial charge in [0.25, 0.3) is 11.8 Å². The average molecular weight is 473 g/mol. The van der Waals surface area contributed by atoms with Crippen LogP contribution in [0.3, 0.4) is 0 Å². The number of benzene rings is 3. The van der Waals surface area contributed by atoms with Crippen LogP contribution in [-0.2, 0) is 23.8 Å². The van der Waals surface area contributed by atoms with E-state index in [0.29, 0.717) is 0 Å². The molecule has 1 fully saturated rings. The summed E-state index contributed by atoms with van der Waals surface area (Å²) >= 11 is 0. The van der Waals surface area contributed by atoms with Crippen LogP contribution in [0.2, 0.25) is 0 Å². The van der Waals surface area contributed by atoms with Crippen LogP contribution in [0.25, 0.3) is 0 Å². The fraction of sp³-hybridized carbons (Fsp3) is 0.115. The Morgan fingerprint density at radius 3 is 1.54 bits per heavy atom. The highest BCUT2D eigenvalue weighted by Gasteiger charge is 2.53. The zero-order valence-electron chi connectivity index (χ0n) is 18.5. The van der Waals surface area contributed by atoms with Crippen LogP contribution >= 0.6 is 0 Å². The number of ether oxygens (including phenoxy) is 3. The van der Waals surface area contributed by atoms with Crippen LogP contribution in [-0.4, -0.2) is 49.0 Å². The fourth-order valence-corrected chi connectivity index (χ4v) is 3.51. The van der Waals surface area contributed by atoms with E-state index in [1.807, 2.05) is 0 Å². The monoisotopic (exact) mass is 473 g/mol. The number of carbonyl (C=O) groups is 5. The first kappa shape index (κ1) is 23.4. The second-order valence-electron chi connectivity index (χ2n) is 7.44. The van der Waals surface area contributed by atoms with Crippen molar-refractivity contribution in [1.82, 2.24) is 0 Å². The van der Waals surface area contributed by atoms with Gasteiger partial charge in [-0.05, 0) is 42.5 Å². The first-order valence-electron chi connectivity index (χ1n) is 10.5. The van der Waals surface area contributed by atoms with Crippen LogP contribution in [0.1, 0.15) is 31.1 Å². The summed E-state index contributed by atoms with van der Waals surface area (Å²) in [5.74, 6) is -4.27. The van der Waals surface area contributed by atoms with Crippen molar-refractivity contribution in [3.05, 3.63) is 102 Å². The van der Waals surface area contributed by atoms with Crippen molar-refractivity contribution in [1.29, 1.82) is 0 Å². The maximum atomic E-state index is 13.3. The zero-order valence-corrected chi connectivity index (χ0v) is 18.5. The van der Waals surface area contributed by atoms with E-state index in [0.717, 1.165) is 4.90 Å². The summed E-state index contributed by atoms with van der Waals surface area (Å²) in [6, 6.07) is 21.3. The summed E-state index contributed by atoms with van der Waals surface area (Å²) in [6.45, 7) is 0.